The summed E-state index contributed by atoms with van der Waals surface area (Å²) in [6.07, 6.45) is 8.17. The third-order valence-corrected chi connectivity index (χ3v) is 5.11. The van der Waals surface area contributed by atoms with Crippen LogP contribution < -0.4 is 10.1 Å². The zero-order valence-corrected chi connectivity index (χ0v) is 12.8. The molecule has 2 aliphatic rings. The standard InChI is InChI=1S/C18H27NO/c1-13-5-3-7-16(9-13)19-17-10-15(11-17)14-6-4-8-18(12-14)20-2/h4,6,8,12-13,15-17,19H,3,5,7,9-11H2,1-2H3. The zero-order valence-electron chi connectivity index (χ0n) is 12.8. The van der Waals surface area contributed by atoms with E-state index in [1.807, 2.05) is 6.07 Å². The van der Waals surface area contributed by atoms with Gasteiger partial charge in [0.25, 0.3) is 0 Å². The monoisotopic (exact) mass is 273 g/mol. The molecule has 2 fully saturated rings. The molecule has 0 saturated heterocycles. The van der Waals surface area contributed by atoms with Crippen LogP contribution in [0.5, 0.6) is 5.75 Å². The van der Waals surface area contributed by atoms with Crippen molar-refractivity contribution >= 4 is 0 Å². The number of ether oxygens (including phenoxy) is 1. The van der Waals surface area contributed by atoms with E-state index in [9.17, 15) is 0 Å². The Hall–Kier alpha value is -1.02. The molecule has 0 aromatic heterocycles. The Bertz CT molecular complexity index is 439. The van der Waals surface area contributed by atoms with Crippen molar-refractivity contribution in [3.05, 3.63) is 29.8 Å². The Balaban J connectivity index is 1.48. The van der Waals surface area contributed by atoms with Crippen LogP contribution in [0.2, 0.25) is 0 Å². The first kappa shape index (κ1) is 13.9. The zero-order chi connectivity index (χ0) is 13.9. The van der Waals surface area contributed by atoms with Crippen LogP contribution in [-0.2, 0) is 0 Å². The highest BCUT2D eigenvalue weighted by molar-refractivity contribution is 5.32. The molecule has 20 heavy (non-hydrogen) atoms. The fourth-order valence-corrected chi connectivity index (χ4v) is 3.84. The summed E-state index contributed by atoms with van der Waals surface area (Å²) in [5, 5.41) is 3.88. The number of hydrogen-bond donors (Lipinski definition) is 1. The molecule has 3 rings (SSSR count). The molecule has 0 spiro atoms. The lowest BCUT2D eigenvalue weighted by atomic mass is 9.75. The lowest BCUT2D eigenvalue weighted by molar-refractivity contribution is 0.217. The molecular formula is C18H27NO. The molecule has 2 aliphatic carbocycles. The summed E-state index contributed by atoms with van der Waals surface area (Å²) in [5.74, 6) is 2.62. The average Bonchev–Trinajstić information content (AvgIpc) is 2.42. The normalized spacial score (nSPS) is 33.5. The number of methoxy groups -OCH3 is 1. The Labute approximate surface area is 122 Å². The SMILES string of the molecule is COc1cccc(C2CC(NC3CCCC(C)C3)C2)c1. The van der Waals surface area contributed by atoms with Crippen LogP contribution in [0.4, 0.5) is 0 Å². The van der Waals surface area contributed by atoms with E-state index in [0.29, 0.717) is 0 Å². The molecule has 1 N–H and O–H groups in total. The molecule has 2 nitrogen and oxygen atoms in total. The summed E-state index contributed by atoms with van der Waals surface area (Å²) in [4.78, 5) is 0. The molecule has 2 heteroatoms. The third-order valence-electron chi connectivity index (χ3n) is 5.11. The second kappa shape index (κ2) is 6.17. The highest BCUT2D eigenvalue weighted by atomic mass is 16.5. The topological polar surface area (TPSA) is 21.3 Å². The highest BCUT2D eigenvalue weighted by Gasteiger charge is 2.32. The van der Waals surface area contributed by atoms with E-state index < -0.39 is 0 Å². The van der Waals surface area contributed by atoms with Crippen LogP contribution in [0, 0.1) is 5.92 Å². The Morgan fingerprint density at radius 3 is 2.70 bits per heavy atom. The maximum atomic E-state index is 5.32. The summed E-state index contributed by atoms with van der Waals surface area (Å²) < 4.78 is 5.32. The number of rotatable bonds is 4. The van der Waals surface area contributed by atoms with Gasteiger partial charge in [-0.05, 0) is 55.2 Å². The van der Waals surface area contributed by atoms with E-state index in [1.165, 1.54) is 44.1 Å². The first-order chi connectivity index (χ1) is 9.74. The first-order valence-corrected chi connectivity index (χ1v) is 8.14. The predicted octanol–water partition coefficient (Wildman–Crippen LogP) is 4.11. The molecule has 0 amide bonds. The van der Waals surface area contributed by atoms with Gasteiger partial charge in [0.15, 0.2) is 0 Å². The second-order valence-electron chi connectivity index (χ2n) is 6.78. The van der Waals surface area contributed by atoms with E-state index in [2.05, 4.69) is 30.4 Å². The van der Waals surface area contributed by atoms with Crippen molar-refractivity contribution in [3.8, 4) is 5.75 Å². The van der Waals surface area contributed by atoms with Crippen molar-refractivity contribution in [2.45, 2.75) is 63.5 Å². The van der Waals surface area contributed by atoms with Crippen LogP contribution >= 0.6 is 0 Å². The number of hydrogen-bond acceptors (Lipinski definition) is 2. The Morgan fingerprint density at radius 1 is 1.10 bits per heavy atom. The minimum atomic E-state index is 0.726. The lowest BCUT2D eigenvalue weighted by Gasteiger charge is -2.40. The van der Waals surface area contributed by atoms with Crippen LogP contribution in [-0.4, -0.2) is 19.2 Å². The number of nitrogens with one attached hydrogen (secondary N) is 1. The van der Waals surface area contributed by atoms with Crippen molar-refractivity contribution in [1.29, 1.82) is 0 Å². The smallest absolute Gasteiger partial charge is 0.119 e. The fourth-order valence-electron chi connectivity index (χ4n) is 3.84. The van der Waals surface area contributed by atoms with Gasteiger partial charge < -0.3 is 10.1 Å². The van der Waals surface area contributed by atoms with E-state index in [1.54, 1.807) is 7.11 Å². The van der Waals surface area contributed by atoms with Crippen molar-refractivity contribution in [3.63, 3.8) is 0 Å². The molecule has 2 saturated carbocycles. The molecule has 1 aromatic carbocycles. The molecule has 0 bridgehead atoms. The third kappa shape index (κ3) is 3.17. The van der Waals surface area contributed by atoms with Gasteiger partial charge in [-0.15, -0.1) is 0 Å². The maximum Gasteiger partial charge on any atom is 0.119 e. The van der Waals surface area contributed by atoms with E-state index >= 15 is 0 Å². The van der Waals surface area contributed by atoms with Gasteiger partial charge in [0.2, 0.25) is 0 Å². The second-order valence-corrected chi connectivity index (χ2v) is 6.78. The molecule has 1 aromatic rings. The van der Waals surface area contributed by atoms with Crippen LogP contribution in [0.3, 0.4) is 0 Å². The fraction of sp³-hybridized carbons (Fsp3) is 0.667. The van der Waals surface area contributed by atoms with Crippen molar-refractivity contribution in [2.75, 3.05) is 7.11 Å². The Morgan fingerprint density at radius 2 is 1.95 bits per heavy atom. The molecule has 110 valence electrons. The predicted molar refractivity (Wildman–Crippen MR) is 83.3 cm³/mol. The molecule has 0 radical (unpaired) electrons. The average molecular weight is 273 g/mol. The van der Waals surface area contributed by atoms with E-state index in [4.69, 9.17) is 4.74 Å². The van der Waals surface area contributed by atoms with Gasteiger partial charge in [-0.3, -0.25) is 0 Å². The minimum Gasteiger partial charge on any atom is -0.497 e. The van der Waals surface area contributed by atoms with Gasteiger partial charge in [0, 0.05) is 12.1 Å². The first-order valence-electron chi connectivity index (χ1n) is 8.14. The van der Waals surface area contributed by atoms with Crippen molar-refractivity contribution < 1.29 is 4.74 Å². The van der Waals surface area contributed by atoms with Crippen LogP contribution in [0.15, 0.2) is 24.3 Å². The summed E-state index contributed by atoms with van der Waals surface area (Å²) in [6.45, 7) is 2.40. The van der Waals surface area contributed by atoms with Gasteiger partial charge in [-0.2, -0.15) is 0 Å². The van der Waals surface area contributed by atoms with Gasteiger partial charge in [0.05, 0.1) is 7.11 Å². The molecule has 0 aliphatic heterocycles. The highest BCUT2D eigenvalue weighted by Crippen LogP contribution is 2.39. The van der Waals surface area contributed by atoms with E-state index in [-0.39, 0.29) is 0 Å². The van der Waals surface area contributed by atoms with Gasteiger partial charge >= 0.3 is 0 Å². The Kier molecular flexibility index (Phi) is 4.30. The van der Waals surface area contributed by atoms with Crippen molar-refractivity contribution in [1.82, 2.24) is 5.32 Å². The molecular weight excluding hydrogens is 246 g/mol. The quantitative estimate of drug-likeness (QED) is 0.891. The lowest BCUT2D eigenvalue weighted by Crippen LogP contribution is -2.46. The van der Waals surface area contributed by atoms with Gasteiger partial charge in [-0.25, -0.2) is 0 Å². The number of benzene rings is 1. The van der Waals surface area contributed by atoms with Crippen LogP contribution in [0.25, 0.3) is 0 Å². The summed E-state index contributed by atoms with van der Waals surface area (Å²) >= 11 is 0. The molecule has 2 atom stereocenters. The van der Waals surface area contributed by atoms with Gasteiger partial charge in [0.1, 0.15) is 5.75 Å². The summed E-state index contributed by atoms with van der Waals surface area (Å²) in [7, 11) is 1.74. The van der Waals surface area contributed by atoms with E-state index in [0.717, 1.165) is 29.7 Å². The molecule has 0 heterocycles. The van der Waals surface area contributed by atoms with Crippen molar-refractivity contribution in [2.24, 2.45) is 5.92 Å². The van der Waals surface area contributed by atoms with Crippen LogP contribution in [0.1, 0.15) is 56.9 Å². The maximum absolute atomic E-state index is 5.32. The van der Waals surface area contributed by atoms with Gasteiger partial charge in [-0.1, -0.05) is 31.9 Å². The summed E-state index contributed by atoms with van der Waals surface area (Å²) in [6, 6.07) is 10.1. The minimum absolute atomic E-state index is 0.726. The summed E-state index contributed by atoms with van der Waals surface area (Å²) in [5.41, 5.74) is 1.44. The molecule has 2 unspecified atom stereocenters. The largest absolute Gasteiger partial charge is 0.497 e.